The lowest BCUT2D eigenvalue weighted by Gasteiger charge is -2.19. The van der Waals surface area contributed by atoms with E-state index in [1.807, 2.05) is 0 Å². The van der Waals surface area contributed by atoms with Crippen molar-refractivity contribution in [2.24, 2.45) is 0 Å². The first-order chi connectivity index (χ1) is 16.3. The van der Waals surface area contributed by atoms with Crippen LogP contribution in [0.2, 0.25) is 0 Å². The molecule has 0 unspecified atom stereocenters. The molecular formula is C24H22N2O7S. The lowest BCUT2D eigenvalue weighted by Crippen LogP contribution is -2.27. The van der Waals surface area contributed by atoms with E-state index in [-0.39, 0.29) is 22.1 Å². The van der Waals surface area contributed by atoms with Crippen molar-refractivity contribution in [3.8, 4) is 0 Å². The lowest BCUT2D eigenvalue weighted by molar-refractivity contribution is -0.119. The van der Waals surface area contributed by atoms with Gasteiger partial charge in [-0.3, -0.25) is 9.59 Å². The summed E-state index contributed by atoms with van der Waals surface area (Å²) in [6.45, 7) is -0.0550. The number of nitrogens with one attached hydrogen (secondary N) is 1. The maximum absolute atomic E-state index is 12.6. The average Bonchev–Trinajstić information content (AvgIpc) is 3.47. The van der Waals surface area contributed by atoms with Crippen molar-refractivity contribution in [3.05, 3.63) is 78.3 Å². The van der Waals surface area contributed by atoms with Gasteiger partial charge in [0.15, 0.2) is 16.4 Å². The van der Waals surface area contributed by atoms with E-state index in [9.17, 15) is 22.8 Å². The van der Waals surface area contributed by atoms with Gasteiger partial charge in [-0.25, -0.2) is 13.2 Å². The summed E-state index contributed by atoms with van der Waals surface area (Å²) < 4.78 is 35.4. The highest BCUT2D eigenvalue weighted by atomic mass is 32.2. The summed E-state index contributed by atoms with van der Waals surface area (Å²) in [6, 6.07) is 16.1. The second-order valence-corrected chi connectivity index (χ2v) is 9.63. The van der Waals surface area contributed by atoms with Crippen molar-refractivity contribution in [1.82, 2.24) is 0 Å². The zero-order chi connectivity index (χ0) is 24.1. The van der Waals surface area contributed by atoms with Crippen LogP contribution in [0.4, 0.5) is 11.4 Å². The molecule has 1 fully saturated rings. The second-order valence-electron chi connectivity index (χ2n) is 7.64. The number of amides is 2. The monoisotopic (exact) mass is 482 g/mol. The molecule has 0 spiro atoms. The molecular weight excluding hydrogens is 460 g/mol. The molecule has 34 heavy (non-hydrogen) atoms. The molecule has 2 heterocycles. The Balaban J connectivity index is 1.39. The Bertz CT molecular complexity index is 1320. The molecule has 2 amide bonds. The van der Waals surface area contributed by atoms with Crippen LogP contribution in [0.25, 0.3) is 0 Å². The van der Waals surface area contributed by atoms with Crippen LogP contribution in [0.3, 0.4) is 0 Å². The van der Waals surface area contributed by atoms with Crippen LogP contribution >= 0.6 is 0 Å². The quantitative estimate of drug-likeness (QED) is 0.489. The maximum Gasteiger partial charge on any atom is 0.375 e. The number of ether oxygens (including phenoxy) is 1. The van der Waals surface area contributed by atoms with Gasteiger partial charge in [-0.15, -0.1) is 0 Å². The van der Waals surface area contributed by atoms with Gasteiger partial charge in [-0.05, 0) is 36.8 Å². The summed E-state index contributed by atoms with van der Waals surface area (Å²) in [6.07, 6.45) is 2.38. The van der Waals surface area contributed by atoms with Crippen molar-refractivity contribution < 1.29 is 32.0 Å². The summed E-state index contributed by atoms with van der Waals surface area (Å²) in [7, 11) is -3.71. The molecule has 4 rings (SSSR count). The summed E-state index contributed by atoms with van der Waals surface area (Å²) in [5.41, 5.74) is 1.13. The second kappa shape index (κ2) is 9.92. The molecule has 2 aromatic carbocycles. The molecule has 9 nitrogen and oxygen atoms in total. The minimum Gasteiger partial charge on any atom is -0.457 e. The number of hydrogen-bond acceptors (Lipinski definition) is 7. The fourth-order valence-corrected chi connectivity index (χ4v) is 5.02. The van der Waals surface area contributed by atoms with E-state index in [0.717, 1.165) is 6.42 Å². The third-order valence-electron chi connectivity index (χ3n) is 5.26. The van der Waals surface area contributed by atoms with Crippen LogP contribution in [-0.4, -0.2) is 39.4 Å². The predicted molar refractivity (Wildman–Crippen MR) is 123 cm³/mol. The first kappa shape index (κ1) is 23.2. The molecule has 0 radical (unpaired) electrons. The number of benzene rings is 2. The van der Waals surface area contributed by atoms with E-state index in [1.165, 1.54) is 24.5 Å². The minimum atomic E-state index is -3.71. The van der Waals surface area contributed by atoms with Gasteiger partial charge in [-0.2, -0.15) is 0 Å². The van der Waals surface area contributed by atoms with Crippen LogP contribution in [-0.2, 0) is 29.9 Å². The third kappa shape index (κ3) is 5.18. The number of carbonyl (C=O) groups excluding carboxylic acids is 3. The van der Waals surface area contributed by atoms with E-state index in [2.05, 4.69) is 5.32 Å². The molecule has 0 saturated carbocycles. The number of anilines is 2. The smallest absolute Gasteiger partial charge is 0.375 e. The highest BCUT2D eigenvalue weighted by molar-refractivity contribution is 7.90. The highest BCUT2D eigenvalue weighted by Crippen LogP contribution is 2.29. The predicted octanol–water partition coefficient (Wildman–Crippen LogP) is 3.18. The number of esters is 1. The molecule has 0 aliphatic carbocycles. The number of carbonyl (C=O) groups is 3. The van der Waals surface area contributed by atoms with Crippen molar-refractivity contribution in [2.75, 3.05) is 23.4 Å². The lowest BCUT2D eigenvalue weighted by atomic mass is 10.2. The third-order valence-corrected chi connectivity index (χ3v) is 6.94. The Kier molecular flexibility index (Phi) is 6.78. The number of nitrogens with zero attached hydrogens (tertiary/aromatic N) is 1. The normalized spacial score (nSPS) is 13.6. The molecule has 0 atom stereocenters. The molecule has 1 aliphatic rings. The van der Waals surface area contributed by atoms with Gasteiger partial charge < -0.3 is 19.4 Å². The highest BCUT2D eigenvalue weighted by Gasteiger charge is 2.26. The summed E-state index contributed by atoms with van der Waals surface area (Å²) in [5.74, 6) is -2.33. The fraction of sp³-hybridized carbons (Fsp3) is 0.208. The Morgan fingerprint density at radius 2 is 1.76 bits per heavy atom. The number of rotatable bonds is 8. The molecule has 0 bridgehead atoms. The van der Waals surface area contributed by atoms with E-state index in [1.54, 1.807) is 47.4 Å². The fourth-order valence-electron chi connectivity index (χ4n) is 3.64. The maximum atomic E-state index is 12.6. The van der Waals surface area contributed by atoms with Gasteiger partial charge in [0.05, 0.1) is 28.3 Å². The molecule has 1 saturated heterocycles. The molecule has 1 N–H and O–H groups in total. The van der Waals surface area contributed by atoms with E-state index >= 15 is 0 Å². The number of sulfone groups is 1. The van der Waals surface area contributed by atoms with Crippen LogP contribution in [0, 0.1) is 0 Å². The summed E-state index contributed by atoms with van der Waals surface area (Å²) in [5, 5.41) is 2.65. The van der Waals surface area contributed by atoms with E-state index < -0.39 is 34.1 Å². The molecule has 10 heteroatoms. The van der Waals surface area contributed by atoms with Crippen molar-refractivity contribution >= 4 is 39.0 Å². The van der Waals surface area contributed by atoms with Gasteiger partial charge in [-0.1, -0.05) is 30.3 Å². The SMILES string of the molecule is O=C(COC(=O)c1occc1CS(=O)(=O)c1ccccc1)Nc1ccccc1N1CCCC1=O. The number of furan rings is 1. The van der Waals surface area contributed by atoms with Gasteiger partial charge in [0.25, 0.3) is 5.91 Å². The van der Waals surface area contributed by atoms with Crippen molar-refractivity contribution in [3.63, 3.8) is 0 Å². The van der Waals surface area contributed by atoms with Crippen molar-refractivity contribution in [2.45, 2.75) is 23.5 Å². The molecule has 3 aromatic rings. The number of para-hydroxylation sites is 2. The Labute approximate surface area is 196 Å². The first-order valence-corrected chi connectivity index (χ1v) is 12.2. The van der Waals surface area contributed by atoms with Crippen molar-refractivity contribution in [1.29, 1.82) is 0 Å². The molecule has 176 valence electrons. The van der Waals surface area contributed by atoms with Crippen LogP contribution in [0.1, 0.15) is 29.0 Å². The van der Waals surface area contributed by atoms with Gasteiger partial charge in [0.2, 0.25) is 11.7 Å². The Morgan fingerprint density at radius 3 is 2.50 bits per heavy atom. The number of hydrogen-bond donors (Lipinski definition) is 1. The van der Waals surface area contributed by atoms with Gasteiger partial charge in [0.1, 0.15) is 0 Å². The minimum absolute atomic E-state index is 0.0241. The Hall–Kier alpha value is -3.92. The van der Waals surface area contributed by atoms with Crippen LogP contribution in [0.5, 0.6) is 0 Å². The van der Waals surface area contributed by atoms with Crippen LogP contribution < -0.4 is 10.2 Å². The standard InChI is InChI=1S/C24H22N2O7S/c27-21(25-19-9-4-5-10-20(19)26-13-6-11-22(26)28)15-33-24(29)23-17(12-14-32-23)16-34(30,31)18-7-2-1-3-8-18/h1-5,7-10,12,14H,6,11,13,15-16H2,(H,25,27). The Morgan fingerprint density at radius 1 is 1.03 bits per heavy atom. The molecule has 1 aromatic heterocycles. The zero-order valence-corrected chi connectivity index (χ0v) is 18.9. The van der Waals surface area contributed by atoms with Crippen LogP contribution in [0.15, 0.2) is 76.2 Å². The van der Waals surface area contributed by atoms with E-state index in [0.29, 0.717) is 24.3 Å². The summed E-state index contributed by atoms with van der Waals surface area (Å²) >= 11 is 0. The van der Waals surface area contributed by atoms with Gasteiger partial charge in [0, 0.05) is 18.5 Å². The molecule has 1 aliphatic heterocycles. The topological polar surface area (TPSA) is 123 Å². The average molecular weight is 483 g/mol. The first-order valence-electron chi connectivity index (χ1n) is 10.6. The zero-order valence-electron chi connectivity index (χ0n) is 18.1. The largest absolute Gasteiger partial charge is 0.457 e. The van der Waals surface area contributed by atoms with E-state index in [4.69, 9.17) is 9.15 Å². The van der Waals surface area contributed by atoms with Gasteiger partial charge >= 0.3 is 5.97 Å². The summed E-state index contributed by atoms with van der Waals surface area (Å²) in [4.78, 5) is 38.7.